The average Bonchev–Trinajstić information content (AvgIpc) is 3.28. The average molecular weight is 413 g/mol. The Kier molecular flexibility index (Phi) is 4.88. The van der Waals surface area contributed by atoms with Gasteiger partial charge in [-0.15, -0.1) is 0 Å². The van der Waals surface area contributed by atoms with Gasteiger partial charge >= 0.3 is 6.18 Å². The minimum absolute atomic E-state index is 0.0198. The second-order valence-electron chi connectivity index (χ2n) is 7.64. The van der Waals surface area contributed by atoms with Crippen LogP contribution in [0, 0.1) is 0 Å². The molecule has 0 N–H and O–H groups in total. The van der Waals surface area contributed by atoms with Crippen LogP contribution in [0.3, 0.4) is 0 Å². The van der Waals surface area contributed by atoms with E-state index in [1.165, 1.54) is 7.11 Å². The third-order valence-electron chi connectivity index (χ3n) is 5.64. The molecule has 8 nitrogen and oxygen atoms in total. The molecule has 0 radical (unpaired) electrons. The van der Waals surface area contributed by atoms with Gasteiger partial charge in [0.2, 0.25) is 0 Å². The first kappa shape index (κ1) is 19.9. The van der Waals surface area contributed by atoms with Crippen molar-refractivity contribution in [2.24, 2.45) is 7.05 Å². The molecule has 0 atom stereocenters. The lowest BCUT2D eigenvalue weighted by atomic mass is 9.90. The first-order chi connectivity index (χ1) is 13.7. The number of amides is 1. The molecule has 1 aliphatic carbocycles. The molecule has 0 unspecified atom stereocenters. The number of alkyl halides is 3. The Morgan fingerprint density at radius 1 is 1.34 bits per heavy atom. The van der Waals surface area contributed by atoms with Gasteiger partial charge in [-0.2, -0.15) is 23.3 Å². The highest BCUT2D eigenvalue weighted by molar-refractivity contribution is 5.95. The van der Waals surface area contributed by atoms with Crippen LogP contribution in [0.25, 0.3) is 0 Å². The number of piperidine rings is 1. The predicted octanol–water partition coefficient (Wildman–Crippen LogP) is 2.56. The van der Waals surface area contributed by atoms with Crippen molar-refractivity contribution < 1.29 is 27.2 Å². The molecule has 1 saturated heterocycles. The van der Waals surface area contributed by atoms with Crippen molar-refractivity contribution in [3.8, 4) is 0 Å². The van der Waals surface area contributed by atoms with E-state index in [-0.39, 0.29) is 11.8 Å². The van der Waals surface area contributed by atoms with Gasteiger partial charge in [0.05, 0.1) is 17.5 Å². The minimum atomic E-state index is -4.42. The van der Waals surface area contributed by atoms with Gasteiger partial charge in [0.15, 0.2) is 5.82 Å². The second kappa shape index (κ2) is 7.12. The molecule has 4 rings (SSSR count). The third-order valence-corrected chi connectivity index (χ3v) is 5.64. The van der Waals surface area contributed by atoms with Gasteiger partial charge in [-0.3, -0.25) is 9.48 Å². The molecule has 11 heteroatoms. The molecule has 2 fully saturated rings. The topological polar surface area (TPSA) is 86.3 Å². The van der Waals surface area contributed by atoms with E-state index in [2.05, 4.69) is 15.2 Å². The van der Waals surface area contributed by atoms with Gasteiger partial charge in [-0.25, -0.2) is 0 Å². The van der Waals surface area contributed by atoms with E-state index in [0.717, 1.165) is 18.5 Å². The highest BCUT2D eigenvalue weighted by Gasteiger charge is 2.44. The molecule has 2 aromatic rings. The first-order valence-corrected chi connectivity index (χ1v) is 9.48. The molecule has 1 saturated carbocycles. The zero-order chi connectivity index (χ0) is 20.8. The number of carbonyl (C=O) groups excluding carboxylic acids is 1. The second-order valence-corrected chi connectivity index (χ2v) is 7.64. The number of ether oxygens (including phenoxy) is 1. The van der Waals surface area contributed by atoms with Crippen LogP contribution in [-0.4, -0.2) is 57.1 Å². The van der Waals surface area contributed by atoms with Crippen LogP contribution in [0.4, 0.5) is 13.2 Å². The summed E-state index contributed by atoms with van der Waals surface area (Å²) in [6, 6.07) is 0. The van der Waals surface area contributed by atoms with Gasteiger partial charge < -0.3 is 14.2 Å². The molecule has 0 aromatic carbocycles. The summed E-state index contributed by atoms with van der Waals surface area (Å²) >= 11 is 0. The summed E-state index contributed by atoms with van der Waals surface area (Å²) < 4.78 is 50.1. The summed E-state index contributed by atoms with van der Waals surface area (Å²) in [5.41, 5.74) is 0.583. The highest BCUT2D eigenvalue weighted by atomic mass is 19.4. The predicted molar refractivity (Wildman–Crippen MR) is 93.1 cm³/mol. The zero-order valence-corrected chi connectivity index (χ0v) is 16.2. The normalized spacial score (nSPS) is 19.6. The van der Waals surface area contributed by atoms with Crippen LogP contribution < -0.4 is 0 Å². The number of carbonyl (C=O) groups is 1. The molecule has 0 bridgehead atoms. The number of halogens is 3. The molecule has 2 aliphatic rings. The van der Waals surface area contributed by atoms with E-state index in [4.69, 9.17) is 9.26 Å². The van der Waals surface area contributed by atoms with Gasteiger partial charge in [0.25, 0.3) is 11.8 Å². The Morgan fingerprint density at radius 2 is 2.03 bits per heavy atom. The zero-order valence-electron chi connectivity index (χ0n) is 16.2. The van der Waals surface area contributed by atoms with E-state index < -0.39 is 24.0 Å². The Bertz CT molecular complexity index is 895. The van der Waals surface area contributed by atoms with Crippen molar-refractivity contribution in [2.75, 3.05) is 20.2 Å². The van der Waals surface area contributed by atoms with Crippen molar-refractivity contribution in [2.45, 2.75) is 49.8 Å². The quantitative estimate of drug-likeness (QED) is 0.749. The van der Waals surface area contributed by atoms with Crippen LogP contribution >= 0.6 is 0 Å². The number of methoxy groups -OCH3 is 1. The first-order valence-electron chi connectivity index (χ1n) is 9.48. The fourth-order valence-corrected chi connectivity index (χ4v) is 3.89. The lowest BCUT2D eigenvalue weighted by Crippen LogP contribution is -2.46. The van der Waals surface area contributed by atoms with Crippen LogP contribution in [0.5, 0.6) is 0 Å². The van der Waals surface area contributed by atoms with E-state index in [9.17, 15) is 18.0 Å². The fourth-order valence-electron chi connectivity index (χ4n) is 3.89. The molecule has 29 heavy (non-hydrogen) atoms. The molecular weight excluding hydrogens is 391 g/mol. The van der Waals surface area contributed by atoms with Crippen LogP contribution in [-0.2, 0) is 23.8 Å². The van der Waals surface area contributed by atoms with E-state index >= 15 is 0 Å². The van der Waals surface area contributed by atoms with E-state index in [1.807, 2.05) is 7.05 Å². The van der Waals surface area contributed by atoms with Crippen molar-refractivity contribution in [1.82, 2.24) is 24.8 Å². The summed E-state index contributed by atoms with van der Waals surface area (Å²) in [4.78, 5) is 18.6. The smallest absolute Gasteiger partial charge is 0.368 e. The van der Waals surface area contributed by atoms with Gasteiger partial charge in [0, 0.05) is 46.0 Å². The van der Waals surface area contributed by atoms with E-state index in [1.54, 1.807) is 15.8 Å². The van der Waals surface area contributed by atoms with Crippen LogP contribution in [0.15, 0.2) is 10.7 Å². The SMILES string of the molecule is COC1(c2nc(CC(F)(F)F)no2)CCN(C(=O)c2cnn(C)c2C2CC2)CC1. The van der Waals surface area contributed by atoms with Crippen molar-refractivity contribution >= 4 is 5.91 Å². The Balaban J connectivity index is 1.47. The molecule has 0 spiro atoms. The molecule has 2 aromatic heterocycles. The maximum atomic E-state index is 13.0. The maximum Gasteiger partial charge on any atom is 0.396 e. The lowest BCUT2D eigenvalue weighted by Gasteiger charge is -2.38. The summed E-state index contributed by atoms with van der Waals surface area (Å²) in [7, 11) is 3.29. The summed E-state index contributed by atoms with van der Waals surface area (Å²) in [5, 5.41) is 7.67. The summed E-state index contributed by atoms with van der Waals surface area (Å²) in [6.45, 7) is 0.727. The Labute approximate surface area is 165 Å². The molecule has 158 valence electrons. The Morgan fingerprint density at radius 3 is 2.62 bits per heavy atom. The van der Waals surface area contributed by atoms with Crippen molar-refractivity contribution in [1.29, 1.82) is 0 Å². The number of aromatic nitrogens is 4. The molecule has 3 heterocycles. The number of aryl methyl sites for hydroxylation is 1. The summed E-state index contributed by atoms with van der Waals surface area (Å²) in [6.07, 6.45) is -1.25. The number of nitrogens with zero attached hydrogens (tertiary/aromatic N) is 5. The number of hydrogen-bond acceptors (Lipinski definition) is 6. The van der Waals surface area contributed by atoms with Crippen LogP contribution in [0.1, 0.15) is 59.4 Å². The van der Waals surface area contributed by atoms with E-state index in [0.29, 0.717) is 37.4 Å². The van der Waals surface area contributed by atoms with Crippen molar-refractivity contribution in [3.05, 3.63) is 29.2 Å². The number of likely N-dealkylation sites (tertiary alicyclic amines) is 1. The van der Waals surface area contributed by atoms with Crippen LogP contribution in [0.2, 0.25) is 0 Å². The lowest BCUT2D eigenvalue weighted by molar-refractivity contribution is -0.128. The monoisotopic (exact) mass is 413 g/mol. The van der Waals surface area contributed by atoms with Gasteiger partial charge in [0.1, 0.15) is 12.0 Å². The van der Waals surface area contributed by atoms with Gasteiger partial charge in [-0.05, 0) is 12.8 Å². The standard InChI is InChI=1S/C18H22F3N5O3/c1-25-14(11-3-4-11)12(10-22-25)15(27)26-7-5-17(28-2,6-8-26)16-23-13(24-29-16)9-18(19,20)21/h10-11H,3-9H2,1-2H3. The molecule has 1 amide bonds. The Hall–Kier alpha value is -2.43. The fraction of sp³-hybridized carbons (Fsp3) is 0.667. The van der Waals surface area contributed by atoms with Crippen molar-refractivity contribution in [3.63, 3.8) is 0 Å². The molecular formula is C18H22F3N5O3. The van der Waals surface area contributed by atoms with Gasteiger partial charge in [-0.1, -0.05) is 5.16 Å². The third kappa shape index (κ3) is 3.87. The summed E-state index contributed by atoms with van der Waals surface area (Å²) in [5.74, 6) is -0.110. The largest absolute Gasteiger partial charge is 0.396 e. The number of rotatable bonds is 5. The maximum absolute atomic E-state index is 13.0. The number of hydrogen-bond donors (Lipinski definition) is 0. The minimum Gasteiger partial charge on any atom is -0.368 e. The molecule has 1 aliphatic heterocycles. The highest BCUT2D eigenvalue weighted by Crippen LogP contribution is 2.42.